The molecule has 5 heteroatoms. The van der Waals surface area contributed by atoms with Gasteiger partial charge in [-0.15, -0.1) is 0 Å². The minimum atomic E-state index is 0.120. The molecule has 1 N–H and O–H groups in total. The van der Waals surface area contributed by atoms with Crippen LogP contribution in [0.5, 0.6) is 0 Å². The van der Waals surface area contributed by atoms with Crippen LogP contribution < -0.4 is 0 Å². The molecular formula is C21H39N3O2. The average Bonchev–Trinajstić information content (AvgIpc) is 2.59. The van der Waals surface area contributed by atoms with Crippen molar-refractivity contribution in [3.63, 3.8) is 0 Å². The van der Waals surface area contributed by atoms with Crippen LogP contribution in [-0.4, -0.2) is 83.2 Å². The first-order chi connectivity index (χ1) is 12.4. The summed E-state index contributed by atoms with van der Waals surface area (Å²) in [5.41, 5.74) is 0. The molecule has 3 aliphatic rings. The Balaban J connectivity index is 1.50. The van der Waals surface area contributed by atoms with Crippen LogP contribution in [0, 0.1) is 17.8 Å². The third-order valence-corrected chi connectivity index (χ3v) is 7.19. The molecule has 2 aliphatic heterocycles. The predicted molar refractivity (Wildman–Crippen MR) is 105 cm³/mol. The van der Waals surface area contributed by atoms with Gasteiger partial charge in [0.2, 0.25) is 5.91 Å². The summed E-state index contributed by atoms with van der Waals surface area (Å²) in [5.74, 6) is 2.13. The zero-order valence-corrected chi connectivity index (χ0v) is 17.2. The van der Waals surface area contributed by atoms with Crippen LogP contribution in [-0.2, 0) is 4.79 Å². The van der Waals surface area contributed by atoms with Gasteiger partial charge in [-0.2, -0.15) is 0 Å². The molecule has 0 radical (unpaired) electrons. The summed E-state index contributed by atoms with van der Waals surface area (Å²) < 4.78 is 0. The summed E-state index contributed by atoms with van der Waals surface area (Å²) in [6, 6.07) is 1.25. The number of rotatable bonds is 5. The Morgan fingerprint density at radius 1 is 1.00 bits per heavy atom. The molecule has 2 saturated heterocycles. The van der Waals surface area contributed by atoms with Crippen LogP contribution >= 0.6 is 0 Å². The van der Waals surface area contributed by atoms with Crippen LogP contribution in [0.4, 0.5) is 0 Å². The van der Waals surface area contributed by atoms with E-state index in [4.69, 9.17) is 0 Å². The van der Waals surface area contributed by atoms with Gasteiger partial charge in [0.15, 0.2) is 0 Å². The van der Waals surface area contributed by atoms with Gasteiger partial charge in [-0.3, -0.25) is 14.6 Å². The normalized spacial score (nSPS) is 32.3. The number of carbonyl (C=O) groups excluding carboxylic acids is 1. The van der Waals surface area contributed by atoms with Gasteiger partial charge in [0.05, 0.1) is 18.6 Å². The molecule has 2 heterocycles. The number of hydrogen-bond donors (Lipinski definition) is 1. The molecule has 3 fully saturated rings. The molecule has 26 heavy (non-hydrogen) atoms. The quantitative estimate of drug-likeness (QED) is 0.810. The van der Waals surface area contributed by atoms with Gasteiger partial charge < -0.3 is 10.0 Å². The fourth-order valence-electron chi connectivity index (χ4n) is 5.16. The van der Waals surface area contributed by atoms with E-state index in [1.54, 1.807) is 0 Å². The van der Waals surface area contributed by atoms with E-state index >= 15 is 0 Å². The third kappa shape index (κ3) is 4.26. The molecule has 0 bridgehead atoms. The van der Waals surface area contributed by atoms with E-state index in [1.165, 1.54) is 25.7 Å². The minimum Gasteiger partial charge on any atom is -0.395 e. The maximum Gasteiger partial charge on any atom is 0.228 e. The highest BCUT2D eigenvalue weighted by Crippen LogP contribution is 2.34. The Hall–Kier alpha value is -0.650. The summed E-state index contributed by atoms with van der Waals surface area (Å²) in [6.45, 7) is 13.5. The van der Waals surface area contributed by atoms with Crippen LogP contribution in [0.25, 0.3) is 0 Å². The first-order valence-corrected chi connectivity index (χ1v) is 10.8. The van der Waals surface area contributed by atoms with E-state index in [-0.39, 0.29) is 18.6 Å². The summed E-state index contributed by atoms with van der Waals surface area (Å²) in [4.78, 5) is 19.7. The molecule has 150 valence electrons. The van der Waals surface area contributed by atoms with Crippen molar-refractivity contribution >= 4 is 5.91 Å². The summed E-state index contributed by atoms with van der Waals surface area (Å²) in [7, 11) is 0. The number of nitrogens with zero attached hydrogens (tertiary/aromatic N) is 3. The van der Waals surface area contributed by atoms with Crippen molar-refractivity contribution in [3.8, 4) is 0 Å². The molecule has 3 rings (SSSR count). The summed E-state index contributed by atoms with van der Waals surface area (Å²) >= 11 is 0. The molecule has 1 aliphatic carbocycles. The summed E-state index contributed by atoms with van der Waals surface area (Å²) in [6.07, 6.45) is 5.12. The van der Waals surface area contributed by atoms with Gasteiger partial charge in [0.25, 0.3) is 0 Å². The maximum atomic E-state index is 12.8. The molecule has 5 nitrogen and oxygen atoms in total. The van der Waals surface area contributed by atoms with Crippen LogP contribution in [0.2, 0.25) is 0 Å². The van der Waals surface area contributed by atoms with Gasteiger partial charge in [-0.25, -0.2) is 0 Å². The number of hydrogen-bond acceptors (Lipinski definition) is 4. The van der Waals surface area contributed by atoms with Gasteiger partial charge in [-0.1, -0.05) is 13.8 Å². The van der Waals surface area contributed by atoms with Crippen molar-refractivity contribution in [1.29, 1.82) is 0 Å². The highest BCUT2D eigenvalue weighted by atomic mass is 16.3. The lowest BCUT2D eigenvalue weighted by Crippen LogP contribution is -2.63. The number of amides is 1. The van der Waals surface area contributed by atoms with Crippen molar-refractivity contribution in [1.82, 2.24) is 14.7 Å². The summed E-state index contributed by atoms with van der Waals surface area (Å²) in [5, 5.41) is 9.97. The Kier molecular flexibility index (Phi) is 6.63. The number of piperazine rings is 1. The second-order valence-corrected chi connectivity index (χ2v) is 9.42. The number of carbonyl (C=O) groups is 1. The van der Waals surface area contributed by atoms with Crippen molar-refractivity contribution < 1.29 is 9.90 Å². The molecule has 0 spiro atoms. The molecule has 1 atom stereocenters. The molecular weight excluding hydrogens is 326 g/mol. The second kappa shape index (κ2) is 8.57. The monoisotopic (exact) mass is 365 g/mol. The van der Waals surface area contributed by atoms with Crippen LogP contribution in [0.1, 0.15) is 53.4 Å². The Morgan fingerprint density at radius 3 is 2.19 bits per heavy atom. The molecule has 0 aromatic rings. The fraction of sp³-hybridized carbons (Fsp3) is 0.952. The first-order valence-electron chi connectivity index (χ1n) is 10.8. The van der Waals surface area contributed by atoms with Gasteiger partial charge in [0.1, 0.15) is 0 Å². The molecule has 1 amide bonds. The molecule has 0 aromatic heterocycles. The van der Waals surface area contributed by atoms with E-state index in [0.717, 1.165) is 38.0 Å². The SMILES string of the molecule is CC(C)C1CCC(N2CCN(C(=O)C3CN(C(C)C)C3)C[C@H]2CO)CC1. The number of aliphatic hydroxyl groups excluding tert-OH is 1. The maximum absolute atomic E-state index is 12.8. The van der Waals surface area contributed by atoms with Crippen LogP contribution in [0.15, 0.2) is 0 Å². The van der Waals surface area contributed by atoms with Crippen molar-refractivity contribution in [3.05, 3.63) is 0 Å². The van der Waals surface area contributed by atoms with E-state index in [2.05, 4.69) is 37.5 Å². The Morgan fingerprint density at radius 2 is 1.65 bits per heavy atom. The van der Waals surface area contributed by atoms with E-state index < -0.39 is 0 Å². The van der Waals surface area contributed by atoms with Crippen molar-refractivity contribution in [2.24, 2.45) is 17.8 Å². The lowest BCUT2D eigenvalue weighted by Gasteiger charge is -2.49. The smallest absolute Gasteiger partial charge is 0.228 e. The van der Waals surface area contributed by atoms with Gasteiger partial charge >= 0.3 is 0 Å². The van der Waals surface area contributed by atoms with Gasteiger partial charge in [0, 0.05) is 44.8 Å². The fourth-order valence-corrected chi connectivity index (χ4v) is 5.16. The zero-order chi connectivity index (χ0) is 18.8. The molecule has 0 aromatic carbocycles. The highest BCUT2D eigenvalue weighted by Gasteiger charge is 2.40. The first kappa shape index (κ1) is 20.1. The molecule has 0 unspecified atom stereocenters. The van der Waals surface area contributed by atoms with E-state index in [0.29, 0.717) is 24.5 Å². The molecule has 1 saturated carbocycles. The number of likely N-dealkylation sites (tertiary alicyclic amines) is 1. The highest BCUT2D eigenvalue weighted by molar-refractivity contribution is 5.80. The standard InChI is InChI=1S/C21H39N3O2/c1-15(2)17-5-7-19(8-6-17)24-10-9-22(13-20(24)14-25)21(26)18-11-23(12-18)16(3)4/h15-20,25H,5-14H2,1-4H3/t17?,19?,20-/m0/s1. The lowest BCUT2D eigenvalue weighted by molar-refractivity contribution is -0.146. The Labute approximate surface area is 159 Å². The lowest BCUT2D eigenvalue weighted by atomic mass is 9.79. The third-order valence-electron chi connectivity index (χ3n) is 7.19. The van der Waals surface area contributed by atoms with Crippen molar-refractivity contribution in [2.75, 3.05) is 39.3 Å². The number of aliphatic hydroxyl groups is 1. The topological polar surface area (TPSA) is 47.0 Å². The predicted octanol–water partition coefficient (Wildman–Crippen LogP) is 2.05. The largest absolute Gasteiger partial charge is 0.395 e. The average molecular weight is 366 g/mol. The van der Waals surface area contributed by atoms with Gasteiger partial charge in [-0.05, 0) is 51.4 Å². The second-order valence-electron chi connectivity index (χ2n) is 9.42. The van der Waals surface area contributed by atoms with Crippen molar-refractivity contribution in [2.45, 2.75) is 71.5 Å². The minimum absolute atomic E-state index is 0.120. The van der Waals surface area contributed by atoms with E-state index in [9.17, 15) is 9.90 Å². The van der Waals surface area contributed by atoms with Crippen LogP contribution in [0.3, 0.4) is 0 Å². The van der Waals surface area contributed by atoms with E-state index in [1.807, 2.05) is 4.90 Å². The Bertz CT molecular complexity index is 468. The zero-order valence-electron chi connectivity index (χ0n) is 17.2.